The Morgan fingerprint density at radius 1 is 1.10 bits per heavy atom. The Kier molecular flexibility index (Phi) is 5.03. The van der Waals surface area contributed by atoms with Gasteiger partial charge in [-0.05, 0) is 32.1 Å². The topological polar surface area (TPSA) is 87.2 Å². The Hall–Kier alpha value is -1.79. The van der Waals surface area contributed by atoms with Gasteiger partial charge in [0.05, 0.1) is 13.0 Å². The number of ether oxygens (including phenoxy) is 1. The number of carboxylic acids is 1. The Balaban J connectivity index is 2.04. The molecule has 0 spiro atoms. The van der Waals surface area contributed by atoms with Crippen molar-refractivity contribution in [1.29, 1.82) is 0 Å². The van der Waals surface area contributed by atoms with Crippen molar-refractivity contribution in [2.24, 2.45) is 5.92 Å². The molecular formula is C14H22N2O5. The van der Waals surface area contributed by atoms with Gasteiger partial charge in [0.15, 0.2) is 0 Å². The normalized spacial score (nSPS) is 26.3. The standard InChI is InChI=1S/C14H22N2O5/c1-21-13(19)10-5-4-7-15(9-10)14(20)16-8-3-2-6-11(16)12(17)18/h10-11H,2-9H2,1H3,(H,17,18). The first-order valence-corrected chi connectivity index (χ1v) is 7.40. The Bertz CT molecular complexity index is 426. The van der Waals surface area contributed by atoms with Gasteiger partial charge in [0.1, 0.15) is 6.04 Å². The predicted octanol–water partition coefficient (Wildman–Crippen LogP) is 0.930. The zero-order chi connectivity index (χ0) is 15.4. The van der Waals surface area contributed by atoms with Gasteiger partial charge in [-0.15, -0.1) is 0 Å². The van der Waals surface area contributed by atoms with Crippen LogP contribution in [0.15, 0.2) is 0 Å². The van der Waals surface area contributed by atoms with Crippen LogP contribution in [0.1, 0.15) is 32.1 Å². The van der Waals surface area contributed by atoms with Crippen LogP contribution < -0.4 is 0 Å². The molecule has 2 unspecified atom stereocenters. The molecule has 0 aromatic heterocycles. The fourth-order valence-electron chi connectivity index (χ4n) is 3.11. The number of likely N-dealkylation sites (tertiary alicyclic amines) is 2. The lowest BCUT2D eigenvalue weighted by Gasteiger charge is -2.39. The number of methoxy groups -OCH3 is 1. The first kappa shape index (κ1) is 15.6. The number of carboxylic acid groups (broad SMARTS) is 1. The maximum Gasteiger partial charge on any atom is 0.326 e. The van der Waals surface area contributed by atoms with Crippen molar-refractivity contribution in [1.82, 2.24) is 9.80 Å². The van der Waals surface area contributed by atoms with Gasteiger partial charge in [-0.3, -0.25) is 4.79 Å². The van der Waals surface area contributed by atoms with Crippen molar-refractivity contribution >= 4 is 18.0 Å². The van der Waals surface area contributed by atoms with E-state index in [1.54, 1.807) is 4.90 Å². The third kappa shape index (κ3) is 3.46. The number of amides is 2. The summed E-state index contributed by atoms with van der Waals surface area (Å²) in [6.07, 6.45) is 3.58. The smallest absolute Gasteiger partial charge is 0.326 e. The first-order valence-electron chi connectivity index (χ1n) is 7.40. The van der Waals surface area contributed by atoms with Crippen LogP contribution in [0.25, 0.3) is 0 Å². The second kappa shape index (κ2) is 6.78. The monoisotopic (exact) mass is 298 g/mol. The summed E-state index contributed by atoms with van der Waals surface area (Å²) < 4.78 is 4.74. The number of carbonyl (C=O) groups is 3. The highest BCUT2D eigenvalue weighted by molar-refractivity contribution is 5.83. The number of hydrogen-bond donors (Lipinski definition) is 1. The van der Waals surface area contributed by atoms with Crippen LogP contribution in [0.4, 0.5) is 4.79 Å². The van der Waals surface area contributed by atoms with E-state index in [2.05, 4.69) is 0 Å². The molecule has 2 aliphatic heterocycles. The zero-order valence-corrected chi connectivity index (χ0v) is 12.3. The van der Waals surface area contributed by atoms with Crippen molar-refractivity contribution in [3.8, 4) is 0 Å². The molecule has 0 aromatic carbocycles. The van der Waals surface area contributed by atoms with E-state index < -0.39 is 12.0 Å². The largest absolute Gasteiger partial charge is 0.480 e. The molecule has 2 saturated heterocycles. The number of aliphatic carboxylic acids is 1. The van der Waals surface area contributed by atoms with Crippen molar-refractivity contribution in [3.63, 3.8) is 0 Å². The minimum Gasteiger partial charge on any atom is -0.480 e. The van der Waals surface area contributed by atoms with E-state index in [0.717, 1.165) is 19.3 Å². The molecule has 2 atom stereocenters. The summed E-state index contributed by atoms with van der Waals surface area (Å²) in [6.45, 7) is 1.35. The summed E-state index contributed by atoms with van der Waals surface area (Å²) in [4.78, 5) is 38.5. The highest BCUT2D eigenvalue weighted by atomic mass is 16.5. The molecule has 2 heterocycles. The highest BCUT2D eigenvalue weighted by Crippen LogP contribution is 2.23. The third-order valence-electron chi connectivity index (χ3n) is 4.26. The van der Waals surface area contributed by atoms with Gasteiger partial charge in [-0.2, -0.15) is 0 Å². The van der Waals surface area contributed by atoms with Crippen molar-refractivity contribution < 1.29 is 24.2 Å². The summed E-state index contributed by atoms with van der Waals surface area (Å²) in [7, 11) is 1.34. The van der Waals surface area contributed by atoms with Crippen LogP contribution in [0.5, 0.6) is 0 Å². The molecular weight excluding hydrogens is 276 g/mol. The molecule has 7 nitrogen and oxygen atoms in total. The molecule has 0 saturated carbocycles. The molecule has 1 N–H and O–H groups in total. The molecule has 2 fully saturated rings. The number of hydrogen-bond acceptors (Lipinski definition) is 4. The molecule has 0 aliphatic carbocycles. The fraction of sp³-hybridized carbons (Fsp3) is 0.786. The molecule has 0 aromatic rings. The molecule has 0 bridgehead atoms. The van der Waals surface area contributed by atoms with E-state index in [4.69, 9.17) is 4.74 Å². The van der Waals surface area contributed by atoms with E-state index in [1.165, 1.54) is 12.0 Å². The number of carbonyl (C=O) groups excluding carboxylic acids is 2. The van der Waals surface area contributed by atoms with Crippen molar-refractivity contribution in [3.05, 3.63) is 0 Å². The van der Waals surface area contributed by atoms with E-state index in [9.17, 15) is 19.5 Å². The Morgan fingerprint density at radius 3 is 2.52 bits per heavy atom. The lowest BCUT2D eigenvalue weighted by molar-refractivity contribution is -0.147. The SMILES string of the molecule is COC(=O)C1CCCN(C(=O)N2CCCCC2C(=O)O)C1. The quantitative estimate of drug-likeness (QED) is 0.766. The van der Waals surface area contributed by atoms with Crippen LogP contribution >= 0.6 is 0 Å². The molecule has 21 heavy (non-hydrogen) atoms. The molecule has 0 radical (unpaired) electrons. The van der Waals surface area contributed by atoms with Crippen molar-refractivity contribution in [2.45, 2.75) is 38.1 Å². The first-order chi connectivity index (χ1) is 10.0. The molecule has 7 heteroatoms. The fourth-order valence-corrected chi connectivity index (χ4v) is 3.11. The average Bonchev–Trinajstić information content (AvgIpc) is 2.53. The van der Waals surface area contributed by atoms with Gasteiger partial charge in [0.25, 0.3) is 0 Å². The zero-order valence-electron chi connectivity index (χ0n) is 12.3. The summed E-state index contributed by atoms with van der Waals surface area (Å²) >= 11 is 0. The minimum atomic E-state index is -0.954. The predicted molar refractivity (Wildman–Crippen MR) is 73.7 cm³/mol. The number of rotatable bonds is 2. The minimum absolute atomic E-state index is 0.268. The summed E-state index contributed by atoms with van der Waals surface area (Å²) in [6, 6.07) is -1.01. The molecule has 2 aliphatic rings. The second-order valence-electron chi connectivity index (χ2n) is 5.63. The van der Waals surface area contributed by atoms with Crippen LogP contribution in [0.3, 0.4) is 0 Å². The van der Waals surface area contributed by atoms with E-state index >= 15 is 0 Å². The van der Waals surface area contributed by atoms with E-state index in [0.29, 0.717) is 32.5 Å². The van der Waals surface area contributed by atoms with Crippen LogP contribution in [-0.2, 0) is 14.3 Å². The van der Waals surface area contributed by atoms with Crippen LogP contribution in [0.2, 0.25) is 0 Å². The van der Waals surface area contributed by atoms with Crippen LogP contribution in [-0.4, -0.2) is 65.7 Å². The maximum atomic E-state index is 12.6. The van der Waals surface area contributed by atoms with E-state index in [1.807, 2.05) is 0 Å². The van der Waals surface area contributed by atoms with Gasteiger partial charge >= 0.3 is 18.0 Å². The van der Waals surface area contributed by atoms with Crippen molar-refractivity contribution in [2.75, 3.05) is 26.7 Å². The third-order valence-corrected chi connectivity index (χ3v) is 4.26. The number of piperidine rings is 2. The summed E-state index contributed by atoms with van der Waals surface area (Å²) in [5.74, 6) is -1.56. The van der Waals surface area contributed by atoms with E-state index in [-0.39, 0.29) is 17.9 Å². The molecule has 118 valence electrons. The van der Waals surface area contributed by atoms with Gasteiger partial charge in [0.2, 0.25) is 0 Å². The lowest BCUT2D eigenvalue weighted by Crippen LogP contribution is -2.55. The lowest BCUT2D eigenvalue weighted by atomic mass is 9.98. The number of urea groups is 1. The van der Waals surface area contributed by atoms with Gasteiger partial charge in [-0.1, -0.05) is 0 Å². The molecule has 2 amide bonds. The molecule has 2 rings (SSSR count). The van der Waals surface area contributed by atoms with Gasteiger partial charge in [-0.25, -0.2) is 9.59 Å². The highest BCUT2D eigenvalue weighted by Gasteiger charge is 2.37. The summed E-state index contributed by atoms with van der Waals surface area (Å²) in [5.41, 5.74) is 0. The Morgan fingerprint density at radius 2 is 1.86 bits per heavy atom. The summed E-state index contributed by atoms with van der Waals surface area (Å²) in [5, 5.41) is 9.25. The van der Waals surface area contributed by atoms with Crippen LogP contribution in [0, 0.1) is 5.92 Å². The van der Waals surface area contributed by atoms with Gasteiger partial charge < -0.3 is 19.6 Å². The Labute approximate surface area is 123 Å². The van der Waals surface area contributed by atoms with Gasteiger partial charge in [0, 0.05) is 19.6 Å². The number of nitrogens with zero attached hydrogens (tertiary/aromatic N) is 2. The average molecular weight is 298 g/mol. The maximum absolute atomic E-state index is 12.6. The second-order valence-corrected chi connectivity index (χ2v) is 5.63. The number of esters is 1.